The number of rotatable bonds is 5. The highest BCUT2D eigenvalue weighted by molar-refractivity contribution is 5.84. The van der Waals surface area contributed by atoms with Crippen LogP contribution in [0.1, 0.15) is 26.7 Å². The summed E-state index contributed by atoms with van der Waals surface area (Å²) in [5.74, 6) is 0.455. The van der Waals surface area contributed by atoms with Crippen LogP contribution in [0.4, 0.5) is 0 Å². The highest BCUT2D eigenvalue weighted by atomic mass is 16.5. The topological polar surface area (TPSA) is 35.5 Å². The van der Waals surface area contributed by atoms with E-state index < -0.39 is 0 Å². The van der Waals surface area contributed by atoms with Crippen molar-refractivity contribution in [1.82, 2.24) is 0 Å². The molecule has 1 saturated heterocycles. The van der Waals surface area contributed by atoms with E-state index in [9.17, 15) is 4.79 Å². The van der Waals surface area contributed by atoms with Gasteiger partial charge in [-0.15, -0.1) is 0 Å². The quantitative estimate of drug-likeness (QED) is 0.609. The summed E-state index contributed by atoms with van der Waals surface area (Å²) in [7, 11) is 0. The van der Waals surface area contributed by atoms with Gasteiger partial charge < -0.3 is 9.47 Å². The fourth-order valence-electron chi connectivity index (χ4n) is 1.51. The smallest absolute Gasteiger partial charge is 0.187 e. The van der Waals surface area contributed by atoms with Crippen LogP contribution in [0.15, 0.2) is 0 Å². The largest absolute Gasteiger partial charge is 0.374 e. The van der Waals surface area contributed by atoms with Crippen molar-refractivity contribution in [3.05, 3.63) is 0 Å². The van der Waals surface area contributed by atoms with E-state index in [0.29, 0.717) is 19.1 Å². The average Bonchev–Trinajstić information content (AvgIpc) is 2.52. The van der Waals surface area contributed by atoms with E-state index in [0.717, 1.165) is 12.8 Å². The molecule has 3 heteroatoms. The van der Waals surface area contributed by atoms with Crippen molar-refractivity contribution < 1.29 is 14.3 Å². The molecular weight excluding hydrogens is 168 g/mol. The molecule has 0 saturated carbocycles. The highest BCUT2D eigenvalue weighted by Crippen LogP contribution is 2.20. The van der Waals surface area contributed by atoms with Gasteiger partial charge in [-0.25, -0.2) is 0 Å². The lowest BCUT2D eigenvalue weighted by Crippen LogP contribution is -2.29. The standard InChI is InChI=1S/C10H18O3/c1-3-5-12-7-9(11)10-8(2)4-6-13-10/h8,10H,3-7H2,1-2H3. The number of ketones is 1. The van der Waals surface area contributed by atoms with Crippen molar-refractivity contribution in [2.75, 3.05) is 19.8 Å². The fourth-order valence-corrected chi connectivity index (χ4v) is 1.51. The zero-order valence-corrected chi connectivity index (χ0v) is 8.41. The number of hydrogen-bond donors (Lipinski definition) is 0. The Morgan fingerprint density at radius 1 is 1.62 bits per heavy atom. The van der Waals surface area contributed by atoms with E-state index in [4.69, 9.17) is 9.47 Å². The third-order valence-electron chi connectivity index (χ3n) is 2.30. The highest BCUT2D eigenvalue weighted by Gasteiger charge is 2.30. The Bertz CT molecular complexity index is 168. The van der Waals surface area contributed by atoms with E-state index in [-0.39, 0.29) is 18.5 Å². The number of carbonyl (C=O) groups excluding carboxylic acids is 1. The van der Waals surface area contributed by atoms with Gasteiger partial charge in [-0.3, -0.25) is 4.79 Å². The van der Waals surface area contributed by atoms with Crippen molar-refractivity contribution in [2.45, 2.75) is 32.8 Å². The second-order valence-corrected chi connectivity index (χ2v) is 3.58. The molecule has 3 nitrogen and oxygen atoms in total. The molecule has 0 bridgehead atoms. The van der Waals surface area contributed by atoms with Crippen LogP contribution in [0.5, 0.6) is 0 Å². The van der Waals surface area contributed by atoms with Gasteiger partial charge in [-0.05, 0) is 18.8 Å². The molecule has 0 aliphatic carbocycles. The molecule has 1 aliphatic heterocycles. The van der Waals surface area contributed by atoms with Gasteiger partial charge in [0.25, 0.3) is 0 Å². The third kappa shape index (κ3) is 3.08. The molecule has 0 amide bonds. The van der Waals surface area contributed by atoms with Gasteiger partial charge >= 0.3 is 0 Å². The Balaban J connectivity index is 2.22. The lowest BCUT2D eigenvalue weighted by Gasteiger charge is -2.12. The summed E-state index contributed by atoms with van der Waals surface area (Å²) in [5.41, 5.74) is 0. The fraction of sp³-hybridized carbons (Fsp3) is 0.900. The lowest BCUT2D eigenvalue weighted by molar-refractivity contribution is -0.134. The molecule has 0 spiro atoms. The zero-order valence-electron chi connectivity index (χ0n) is 8.41. The van der Waals surface area contributed by atoms with Crippen LogP contribution < -0.4 is 0 Å². The summed E-state index contributed by atoms with van der Waals surface area (Å²) in [4.78, 5) is 11.5. The Labute approximate surface area is 79.4 Å². The maximum atomic E-state index is 11.5. The van der Waals surface area contributed by atoms with Crippen molar-refractivity contribution >= 4 is 5.78 Å². The second kappa shape index (κ2) is 5.35. The molecule has 0 N–H and O–H groups in total. The van der Waals surface area contributed by atoms with E-state index in [1.165, 1.54) is 0 Å². The van der Waals surface area contributed by atoms with Crippen LogP contribution in [0.3, 0.4) is 0 Å². The average molecular weight is 186 g/mol. The van der Waals surface area contributed by atoms with Crippen LogP contribution in [0.2, 0.25) is 0 Å². The molecule has 13 heavy (non-hydrogen) atoms. The Morgan fingerprint density at radius 2 is 2.38 bits per heavy atom. The van der Waals surface area contributed by atoms with Gasteiger partial charge in [0.05, 0.1) is 0 Å². The van der Waals surface area contributed by atoms with E-state index in [2.05, 4.69) is 6.92 Å². The van der Waals surface area contributed by atoms with Gasteiger partial charge in [-0.2, -0.15) is 0 Å². The van der Waals surface area contributed by atoms with Crippen molar-refractivity contribution in [1.29, 1.82) is 0 Å². The molecule has 0 aromatic rings. The maximum absolute atomic E-state index is 11.5. The molecule has 0 aromatic heterocycles. The normalized spacial score (nSPS) is 27.8. The SMILES string of the molecule is CCCOCC(=O)C1OCCC1C. The summed E-state index contributed by atoms with van der Waals surface area (Å²) >= 11 is 0. The number of ether oxygens (including phenoxy) is 2. The first-order valence-electron chi connectivity index (χ1n) is 4.97. The molecular formula is C10H18O3. The monoisotopic (exact) mass is 186 g/mol. The van der Waals surface area contributed by atoms with Gasteiger partial charge in [-0.1, -0.05) is 13.8 Å². The molecule has 0 aromatic carbocycles. The first-order valence-corrected chi connectivity index (χ1v) is 4.97. The van der Waals surface area contributed by atoms with Crippen molar-refractivity contribution in [3.8, 4) is 0 Å². The van der Waals surface area contributed by atoms with Crippen LogP contribution in [-0.4, -0.2) is 31.7 Å². The van der Waals surface area contributed by atoms with Gasteiger partial charge in [0.15, 0.2) is 5.78 Å². The summed E-state index contributed by atoms with van der Waals surface area (Å²) in [6.45, 7) is 5.66. The molecule has 1 aliphatic rings. The van der Waals surface area contributed by atoms with Gasteiger partial charge in [0.1, 0.15) is 12.7 Å². The minimum atomic E-state index is -0.211. The predicted molar refractivity (Wildman–Crippen MR) is 49.6 cm³/mol. The third-order valence-corrected chi connectivity index (χ3v) is 2.30. The van der Waals surface area contributed by atoms with E-state index in [1.54, 1.807) is 0 Å². The van der Waals surface area contributed by atoms with Gasteiger partial charge in [0, 0.05) is 13.2 Å². The molecule has 1 fully saturated rings. The molecule has 1 heterocycles. The van der Waals surface area contributed by atoms with Crippen molar-refractivity contribution in [3.63, 3.8) is 0 Å². The Morgan fingerprint density at radius 3 is 2.92 bits per heavy atom. The Kier molecular flexibility index (Phi) is 4.39. The minimum Gasteiger partial charge on any atom is -0.374 e. The van der Waals surface area contributed by atoms with Crippen LogP contribution in [0, 0.1) is 5.92 Å². The summed E-state index contributed by atoms with van der Waals surface area (Å²) < 4.78 is 10.5. The maximum Gasteiger partial charge on any atom is 0.187 e. The van der Waals surface area contributed by atoms with Crippen LogP contribution in [-0.2, 0) is 14.3 Å². The first kappa shape index (κ1) is 10.7. The molecule has 0 radical (unpaired) electrons. The number of hydrogen-bond acceptors (Lipinski definition) is 3. The van der Waals surface area contributed by atoms with Crippen molar-refractivity contribution in [2.24, 2.45) is 5.92 Å². The minimum absolute atomic E-state index is 0.0958. The first-order chi connectivity index (χ1) is 6.25. The number of carbonyl (C=O) groups is 1. The van der Waals surface area contributed by atoms with Crippen LogP contribution >= 0.6 is 0 Å². The summed E-state index contributed by atoms with van der Waals surface area (Å²) in [6, 6.07) is 0. The van der Waals surface area contributed by atoms with Gasteiger partial charge in [0.2, 0.25) is 0 Å². The second-order valence-electron chi connectivity index (χ2n) is 3.58. The molecule has 76 valence electrons. The predicted octanol–water partition coefficient (Wildman–Crippen LogP) is 1.41. The molecule has 2 unspecified atom stereocenters. The molecule has 1 rings (SSSR count). The summed E-state index contributed by atoms with van der Waals surface area (Å²) in [6.07, 6.45) is 1.73. The van der Waals surface area contributed by atoms with E-state index >= 15 is 0 Å². The molecule has 2 atom stereocenters. The summed E-state index contributed by atoms with van der Waals surface area (Å²) in [5, 5.41) is 0. The zero-order chi connectivity index (χ0) is 9.68. The van der Waals surface area contributed by atoms with Crippen LogP contribution in [0.25, 0.3) is 0 Å². The number of Topliss-reactive ketones (excluding diaryl/α,β-unsaturated/α-hetero) is 1. The Hall–Kier alpha value is -0.410. The van der Waals surface area contributed by atoms with E-state index in [1.807, 2.05) is 6.92 Å². The lowest BCUT2D eigenvalue weighted by atomic mass is 10.0.